The number of fused-ring (bicyclic) bond motifs is 1. The third kappa shape index (κ3) is 33.9. The molecule has 0 aliphatic heterocycles. The Morgan fingerprint density at radius 3 is 1.22 bits per heavy atom. The van der Waals surface area contributed by atoms with Gasteiger partial charge in [0.15, 0.2) is 0 Å². The fourth-order valence-corrected chi connectivity index (χ4v) is 12.8. The van der Waals surface area contributed by atoms with Gasteiger partial charge in [-0.2, -0.15) is 25.3 Å². The first-order chi connectivity index (χ1) is 57.2. The molecule has 0 spiro atoms. The number of nitrogens with zero attached hydrogens (tertiary/aromatic N) is 1. The standard InChI is InChI=1S/C79H114N20O19S2/c1-5-99(40-65(105)106)98-77(116)62(43-120)95-75(114)60(41-100)94-79(118)67(45(3)102)97-74(113)57(35-49-25-13-8-14-26-49)93-78(117)66(44(2)101)96-69(108)54(30-18-20-32-81)87-72(111)58(36-50-38-85-52-28-16-15-27-51(50)52)91-71(110)56(34-48-23-11-7-12-24-48)89-70(109)55(33-47-21-9-6-10-22-47)90-73(112)59(37-63(83)103)92-68(107)53(29-17-19-31-80)88-76(115)61(42-119)86-64(104)39-84-46(4)82/h6-16,21-28,38,44-46,53-62,66-67,84-85,100-102,119-120H,5,17-20,29-37,39-43,80-82H2,1-4H3,(H2,83,103)(H,86,104)(H,87,111)(H,88,115)(H,89,109)(H,90,112)(H,91,110)(H,92,107)(H,93,117)(H,94,118)(H,95,114)(H,96,108)(H,97,113)(H,98,116)(H,105,106)/t44?,45?,46?,53-,54-,55-,56-,57-,58-,59-,60-,61-,62-,66-,67-/m0/s1. The summed E-state index contributed by atoms with van der Waals surface area (Å²) in [5, 5.41) is 76.5. The van der Waals surface area contributed by atoms with Gasteiger partial charge in [0.1, 0.15) is 79.0 Å². The van der Waals surface area contributed by atoms with Gasteiger partial charge in [0.25, 0.3) is 5.91 Å². The van der Waals surface area contributed by atoms with Crippen LogP contribution in [-0.2, 0) is 97.6 Å². The third-order valence-electron chi connectivity index (χ3n) is 18.8. The predicted octanol–water partition coefficient (Wildman–Crippen LogP) is -5.67. The lowest BCUT2D eigenvalue weighted by atomic mass is 10.00. The Morgan fingerprint density at radius 2 is 0.800 bits per heavy atom. The number of hydrogen-bond acceptors (Lipinski definition) is 25. The number of hydrazine groups is 1. The Hall–Kier alpha value is -11.1. The van der Waals surface area contributed by atoms with E-state index in [1.807, 2.05) is 0 Å². The van der Waals surface area contributed by atoms with E-state index in [0.29, 0.717) is 46.0 Å². The summed E-state index contributed by atoms with van der Waals surface area (Å²) in [6.07, 6.45) is -3.48. The van der Waals surface area contributed by atoms with E-state index in [1.54, 1.807) is 135 Å². The number of rotatable bonds is 54. The number of carbonyl (C=O) groups excluding carboxylic acids is 14. The zero-order chi connectivity index (χ0) is 88.5. The number of likely N-dealkylation sites (N-methyl/N-ethyl adjacent to an activating group) is 1. The van der Waals surface area contributed by atoms with Crippen LogP contribution in [0.25, 0.3) is 10.9 Å². The zero-order valence-electron chi connectivity index (χ0n) is 67.2. The number of para-hydroxylation sites is 1. The lowest BCUT2D eigenvalue weighted by molar-refractivity contribution is -0.141. The van der Waals surface area contributed by atoms with Gasteiger partial charge in [-0.3, -0.25) is 82.7 Å². The molecular formula is C79H114N20O19S2. The molecule has 1 aromatic heterocycles. The highest BCUT2D eigenvalue weighted by Crippen LogP contribution is 2.21. The summed E-state index contributed by atoms with van der Waals surface area (Å²) in [6, 6.07) is 12.1. The molecule has 656 valence electrons. The average Bonchev–Trinajstić information content (AvgIpc) is 1.54. The maximum absolute atomic E-state index is 15.4. The SMILES string of the molecule is CCN(CC(=O)O)NC(=O)[C@H](CS)NC(=O)[C@H](CO)NC(=O)[C@@H](NC(=O)[C@H](Cc1ccccc1)NC(=O)[C@@H](NC(=O)[C@H](CCCCN)NC(=O)[C@H](Cc1c[nH]c2ccccc12)NC(=O)[C@H](Cc1ccccc1)NC(=O)[C@H](Cc1ccccc1)NC(=O)[C@H](CC(N)=O)NC(=O)[C@H](CCCCN)NC(=O)[C@H](CS)NC(=O)CNC(C)N)C(C)O)C(C)O. The van der Waals surface area contributed by atoms with E-state index in [2.05, 4.69) is 105 Å². The molecule has 5 aromatic rings. The van der Waals surface area contributed by atoms with Crippen LogP contribution in [0.2, 0.25) is 0 Å². The van der Waals surface area contributed by atoms with Crippen LogP contribution in [0.5, 0.6) is 0 Å². The number of aliphatic hydroxyl groups excluding tert-OH is 3. The number of carboxylic acids is 1. The Bertz CT molecular complexity index is 4210. The van der Waals surface area contributed by atoms with Crippen molar-refractivity contribution in [2.45, 2.75) is 189 Å². The summed E-state index contributed by atoms with van der Waals surface area (Å²) < 4.78 is 0. The maximum Gasteiger partial charge on any atom is 0.319 e. The van der Waals surface area contributed by atoms with Gasteiger partial charge in [-0.15, -0.1) is 0 Å². The number of benzene rings is 4. The third-order valence-corrected chi connectivity index (χ3v) is 19.6. The molecule has 27 N–H and O–H groups in total. The topological polar surface area (TPSA) is 628 Å². The number of hydrogen-bond donors (Lipinski definition) is 25. The lowest BCUT2D eigenvalue weighted by Gasteiger charge is -2.29. The van der Waals surface area contributed by atoms with Crippen molar-refractivity contribution in [3.05, 3.63) is 144 Å². The molecule has 14 amide bonds. The number of H-pyrrole nitrogens is 1. The molecule has 0 saturated carbocycles. The smallest absolute Gasteiger partial charge is 0.319 e. The molecular weight excluding hydrogens is 1600 g/mol. The molecule has 4 aromatic carbocycles. The normalized spacial score (nSPS) is 15.0. The number of aliphatic carboxylic acids is 1. The summed E-state index contributed by atoms with van der Waals surface area (Å²) in [7, 11) is 0. The van der Waals surface area contributed by atoms with Crippen LogP contribution in [-0.4, -0.2) is 261 Å². The maximum atomic E-state index is 15.4. The molecule has 0 saturated heterocycles. The summed E-state index contributed by atoms with van der Waals surface area (Å²) in [6.45, 7) is 3.84. The highest BCUT2D eigenvalue weighted by molar-refractivity contribution is 7.80. The summed E-state index contributed by atoms with van der Waals surface area (Å²) in [5.74, 6) is -15.9. The average molecular weight is 1710 g/mol. The first-order valence-electron chi connectivity index (χ1n) is 39.2. The number of primary amides is 1. The van der Waals surface area contributed by atoms with Crippen LogP contribution in [0.3, 0.4) is 0 Å². The van der Waals surface area contributed by atoms with Crippen molar-refractivity contribution in [2.75, 3.05) is 50.8 Å². The second kappa shape index (κ2) is 52.0. The number of aromatic nitrogens is 1. The largest absolute Gasteiger partial charge is 0.480 e. The van der Waals surface area contributed by atoms with Gasteiger partial charge in [-0.05, 0) is 101 Å². The van der Waals surface area contributed by atoms with E-state index >= 15 is 14.4 Å². The molecule has 41 heteroatoms. The van der Waals surface area contributed by atoms with E-state index < -0.39 is 199 Å². The first kappa shape index (κ1) is 99.4. The molecule has 5 rings (SSSR count). The minimum atomic E-state index is -1.92. The van der Waals surface area contributed by atoms with Crippen LogP contribution >= 0.6 is 25.3 Å². The quantitative estimate of drug-likeness (QED) is 0.00747. The van der Waals surface area contributed by atoms with Crippen LogP contribution in [0.15, 0.2) is 121 Å². The van der Waals surface area contributed by atoms with E-state index in [4.69, 9.17) is 22.9 Å². The number of aromatic amines is 1. The van der Waals surface area contributed by atoms with E-state index in [-0.39, 0.29) is 89.1 Å². The molecule has 0 radical (unpaired) electrons. The molecule has 0 fully saturated rings. The Labute approximate surface area is 705 Å². The molecule has 15 atom stereocenters. The van der Waals surface area contributed by atoms with Gasteiger partial charge in [0, 0.05) is 60.8 Å². The highest BCUT2D eigenvalue weighted by Gasteiger charge is 2.40. The molecule has 1 heterocycles. The van der Waals surface area contributed by atoms with Gasteiger partial charge in [0.05, 0.1) is 37.9 Å². The molecule has 0 aliphatic rings. The number of aliphatic hydroxyl groups is 3. The molecule has 3 unspecified atom stereocenters. The van der Waals surface area contributed by atoms with Crippen molar-refractivity contribution >= 4 is 125 Å². The number of nitrogens with one attached hydrogen (secondary N) is 15. The number of nitrogens with two attached hydrogens (primary N) is 4. The van der Waals surface area contributed by atoms with Gasteiger partial charge < -0.3 is 112 Å². The summed E-state index contributed by atoms with van der Waals surface area (Å²) in [5.41, 5.74) is 27.9. The van der Waals surface area contributed by atoms with Crippen molar-refractivity contribution in [3.63, 3.8) is 0 Å². The minimum Gasteiger partial charge on any atom is -0.480 e. The summed E-state index contributed by atoms with van der Waals surface area (Å²) in [4.78, 5) is 213. The van der Waals surface area contributed by atoms with Crippen LogP contribution in [0.4, 0.5) is 0 Å². The van der Waals surface area contributed by atoms with Crippen molar-refractivity contribution in [3.8, 4) is 0 Å². The fourth-order valence-electron chi connectivity index (χ4n) is 12.3. The van der Waals surface area contributed by atoms with Crippen LogP contribution < -0.4 is 97.5 Å². The van der Waals surface area contributed by atoms with Crippen molar-refractivity contribution in [1.82, 2.24) is 84.5 Å². The van der Waals surface area contributed by atoms with Crippen LogP contribution in [0, 0.1) is 0 Å². The number of carbonyl (C=O) groups is 15. The monoisotopic (exact) mass is 1710 g/mol. The van der Waals surface area contributed by atoms with Crippen LogP contribution in [0.1, 0.15) is 94.9 Å². The first-order valence-corrected chi connectivity index (χ1v) is 40.4. The van der Waals surface area contributed by atoms with E-state index in [0.717, 1.165) is 18.9 Å². The predicted molar refractivity (Wildman–Crippen MR) is 448 cm³/mol. The van der Waals surface area contributed by atoms with Crippen molar-refractivity contribution in [1.29, 1.82) is 0 Å². The molecule has 0 bridgehead atoms. The number of unbranched alkanes of at least 4 members (excludes halogenated alkanes) is 2. The second-order valence-corrected chi connectivity index (χ2v) is 29.3. The van der Waals surface area contributed by atoms with E-state index in [1.165, 1.54) is 0 Å². The second-order valence-electron chi connectivity index (χ2n) is 28.6. The summed E-state index contributed by atoms with van der Waals surface area (Å²) >= 11 is 8.33. The van der Waals surface area contributed by atoms with Gasteiger partial charge in [-0.1, -0.05) is 116 Å². The van der Waals surface area contributed by atoms with E-state index in [9.17, 15) is 78.0 Å². The Balaban J connectivity index is 1.46. The fraction of sp³-hybridized carbons (Fsp3) is 0.481. The minimum absolute atomic E-state index is 0.0385. The van der Waals surface area contributed by atoms with Crippen molar-refractivity contribution < 1.29 is 92.3 Å². The number of amides is 14. The molecule has 120 heavy (non-hydrogen) atoms. The highest BCUT2D eigenvalue weighted by atomic mass is 32.1. The molecule has 39 nitrogen and oxygen atoms in total. The number of thiol groups is 2. The van der Waals surface area contributed by atoms with Crippen molar-refractivity contribution in [2.24, 2.45) is 22.9 Å². The van der Waals surface area contributed by atoms with Gasteiger partial charge >= 0.3 is 5.97 Å². The zero-order valence-corrected chi connectivity index (χ0v) is 69.0. The van der Waals surface area contributed by atoms with Gasteiger partial charge in [-0.25, -0.2) is 5.01 Å². The Kier molecular flexibility index (Phi) is 43.1. The van der Waals surface area contributed by atoms with Gasteiger partial charge in [0.2, 0.25) is 76.8 Å². The number of carboxylic acid groups (broad SMARTS) is 1. The molecule has 0 aliphatic carbocycles. The Morgan fingerprint density at radius 1 is 0.442 bits per heavy atom. The lowest BCUT2D eigenvalue weighted by Crippen LogP contribution is -2.63.